The average Bonchev–Trinajstić information content (AvgIpc) is 3.23. The second-order valence-corrected chi connectivity index (χ2v) is 6.97. The molecule has 0 aromatic heterocycles. The minimum absolute atomic E-state index is 0.0713. The van der Waals surface area contributed by atoms with E-state index in [0.717, 1.165) is 24.9 Å². The summed E-state index contributed by atoms with van der Waals surface area (Å²) in [7, 11) is 1.40. The van der Waals surface area contributed by atoms with Crippen LogP contribution < -0.4 is 14.8 Å². The van der Waals surface area contributed by atoms with Crippen molar-refractivity contribution >= 4 is 11.8 Å². The van der Waals surface area contributed by atoms with Crippen molar-refractivity contribution in [1.29, 1.82) is 0 Å². The maximum atomic E-state index is 13.2. The lowest BCUT2D eigenvalue weighted by Gasteiger charge is -2.17. The van der Waals surface area contributed by atoms with Gasteiger partial charge >= 0.3 is 5.97 Å². The summed E-state index contributed by atoms with van der Waals surface area (Å²) in [6.07, 6.45) is 2.81. The number of esters is 1. The van der Waals surface area contributed by atoms with Crippen LogP contribution in [0.25, 0.3) is 0 Å². The molecule has 0 radical (unpaired) electrons. The van der Waals surface area contributed by atoms with Gasteiger partial charge in [-0.05, 0) is 56.1 Å². The number of hydrogen-bond acceptors (Lipinski definition) is 6. The van der Waals surface area contributed by atoms with Gasteiger partial charge in [-0.2, -0.15) is 0 Å². The van der Waals surface area contributed by atoms with E-state index in [4.69, 9.17) is 9.47 Å². The second kappa shape index (κ2) is 10.6. The van der Waals surface area contributed by atoms with Gasteiger partial charge in [-0.3, -0.25) is 9.59 Å². The Morgan fingerprint density at radius 3 is 2.62 bits per heavy atom. The van der Waals surface area contributed by atoms with Crippen LogP contribution in [0.5, 0.6) is 11.5 Å². The van der Waals surface area contributed by atoms with E-state index >= 15 is 0 Å². The number of carbonyl (C=O) groups is 2. The quantitative estimate of drug-likeness (QED) is 0.354. The predicted molar refractivity (Wildman–Crippen MR) is 109 cm³/mol. The van der Waals surface area contributed by atoms with Crippen LogP contribution in [0.15, 0.2) is 48.5 Å². The number of carbonyl (C=O) groups excluding carboxylic acids is 2. The van der Waals surface area contributed by atoms with Gasteiger partial charge in [-0.25, -0.2) is 0 Å². The summed E-state index contributed by atoms with van der Waals surface area (Å²) >= 11 is 0. The maximum Gasteiger partial charge on any atom is 0.305 e. The molecule has 0 fully saturated rings. The summed E-state index contributed by atoms with van der Waals surface area (Å²) in [6, 6.07) is 15.2. The number of hydrogen-bond donors (Lipinski definition) is 1. The Kier molecular flexibility index (Phi) is 7.64. The third kappa shape index (κ3) is 5.81. The summed E-state index contributed by atoms with van der Waals surface area (Å²) in [5.41, 5.74) is 1.63. The van der Waals surface area contributed by atoms with E-state index in [1.165, 1.54) is 7.11 Å². The lowest BCUT2D eigenvalue weighted by molar-refractivity contribution is -0.140. The Labute approximate surface area is 171 Å². The first kappa shape index (κ1) is 20.9. The van der Waals surface area contributed by atoms with Crippen LogP contribution in [-0.2, 0) is 9.53 Å². The zero-order chi connectivity index (χ0) is 20.5. The second-order valence-electron chi connectivity index (χ2n) is 6.97. The molecule has 0 saturated heterocycles. The van der Waals surface area contributed by atoms with Gasteiger partial charge < -0.3 is 19.5 Å². The Hall–Kier alpha value is -2.86. The maximum absolute atomic E-state index is 13.2. The fraction of sp³-hybridized carbons (Fsp3) is 0.391. The van der Waals surface area contributed by atoms with Gasteiger partial charge in [0.05, 0.1) is 7.11 Å². The molecule has 0 aliphatic carbocycles. The van der Waals surface area contributed by atoms with E-state index in [9.17, 15) is 9.59 Å². The molecule has 0 saturated carbocycles. The zero-order valence-corrected chi connectivity index (χ0v) is 16.7. The van der Waals surface area contributed by atoms with Crippen molar-refractivity contribution in [2.45, 2.75) is 31.6 Å². The van der Waals surface area contributed by atoms with E-state index in [1.54, 1.807) is 18.2 Å². The number of nitrogens with one attached hydrogen (secondary N) is 1. The van der Waals surface area contributed by atoms with Crippen molar-refractivity contribution in [2.75, 3.05) is 27.0 Å². The molecule has 1 aliphatic heterocycles. The molecule has 6 nitrogen and oxygen atoms in total. The molecule has 0 spiro atoms. The van der Waals surface area contributed by atoms with Crippen LogP contribution in [0.1, 0.15) is 47.5 Å². The van der Waals surface area contributed by atoms with Crippen LogP contribution in [0.4, 0.5) is 0 Å². The Balaban J connectivity index is 1.57. The van der Waals surface area contributed by atoms with Crippen LogP contribution in [0, 0.1) is 0 Å². The molecule has 0 bridgehead atoms. The van der Waals surface area contributed by atoms with Gasteiger partial charge in [0.15, 0.2) is 17.3 Å². The molecule has 1 unspecified atom stereocenters. The molecule has 3 rings (SSSR count). The van der Waals surface area contributed by atoms with Crippen molar-refractivity contribution in [2.24, 2.45) is 0 Å². The third-order valence-corrected chi connectivity index (χ3v) is 5.00. The molecule has 1 heterocycles. The van der Waals surface area contributed by atoms with Crippen LogP contribution >= 0.6 is 0 Å². The van der Waals surface area contributed by atoms with E-state index in [1.807, 2.05) is 30.3 Å². The van der Waals surface area contributed by atoms with Gasteiger partial charge in [0.2, 0.25) is 6.79 Å². The molecular formula is C23H27NO5. The average molecular weight is 397 g/mol. The van der Waals surface area contributed by atoms with Gasteiger partial charge in [0.1, 0.15) is 0 Å². The zero-order valence-electron chi connectivity index (χ0n) is 16.7. The number of unbranched alkanes of at least 4 members (excludes halogenated alkanes) is 1. The van der Waals surface area contributed by atoms with E-state index in [2.05, 4.69) is 10.1 Å². The SMILES string of the molecule is COC(=O)CCCCNCCC(C(=O)c1ccc2c(c1)OCO2)c1ccccc1. The van der Waals surface area contributed by atoms with Crippen molar-refractivity contribution in [1.82, 2.24) is 5.32 Å². The van der Waals surface area contributed by atoms with Gasteiger partial charge in [0, 0.05) is 17.9 Å². The van der Waals surface area contributed by atoms with Crippen molar-refractivity contribution in [3.05, 3.63) is 59.7 Å². The van der Waals surface area contributed by atoms with Crippen molar-refractivity contribution in [3.8, 4) is 11.5 Å². The highest BCUT2D eigenvalue weighted by Gasteiger charge is 2.24. The monoisotopic (exact) mass is 397 g/mol. The molecule has 1 aliphatic rings. The summed E-state index contributed by atoms with van der Waals surface area (Å²) < 4.78 is 15.4. The van der Waals surface area contributed by atoms with Crippen LogP contribution in [-0.4, -0.2) is 38.7 Å². The highest BCUT2D eigenvalue weighted by atomic mass is 16.7. The number of fused-ring (bicyclic) bond motifs is 1. The molecule has 154 valence electrons. The minimum Gasteiger partial charge on any atom is -0.469 e. The fourth-order valence-electron chi connectivity index (χ4n) is 3.38. The van der Waals surface area contributed by atoms with E-state index in [0.29, 0.717) is 36.4 Å². The first-order chi connectivity index (χ1) is 14.2. The standard InChI is InChI=1S/C23H27NO5/c1-27-22(25)9-5-6-13-24-14-12-19(17-7-3-2-4-8-17)23(26)18-10-11-20-21(15-18)29-16-28-20/h2-4,7-8,10-11,15,19,24H,5-6,9,12-14,16H2,1H3. The van der Waals surface area contributed by atoms with Gasteiger partial charge in [-0.15, -0.1) is 0 Å². The molecule has 1 N–H and O–H groups in total. The first-order valence-electron chi connectivity index (χ1n) is 9.95. The van der Waals surface area contributed by atoms with E-state index in [-0.39, 0.29) is 24.5 Å². The smallest absolute Gasteiger partial charge is 0.305 e. The molecule has 0 amide bonds. The highest BCUT2D eigenvalue weighted by molar-refractivity contribution is 6.01. The Bertz CT molecular complexity index is 821. The van der Waals surface area contributed by atoms with Crippen molar-refractivity contribution in [3.63, 3.8) is 0 Å². The molecule has 29 heavy (non-hydrogen) atoms. The lowest BCUT2D eigenvalue weighted by atomic mass is 9.88. The molecule has 2 aromatic rings. The highest BCUT2D eigenvalue weighted by Crippen LogP contribution is 2.34. The van der Waals surface area contributed by atoms with Crippen LogP contribution in [0.3, 0.4) is 0 Å². The van der Waals surface area contributed by atoms with Gasteiger partial charge in [0.25, 0.3) is 0 Å². The Morgan fingerprint density at radius 1 is 1.03 bits per heavy atom. The largest absolute Gasteiger partial charge is 0.469 e. The molecular weight excluding hydrogens is 370 g/mol. The topological polar surface area (TPSA) is 73.9 Å². The lowest BCUT2D eigenvalue weighted by Crippen LogP contribution is -2.22. The van der Waals surface area contributed by atoms with Crippen LogP contribution in [0.2, 0.25) is 0 Å². The summed E-state index contributed by atoms with van der Waals surface area (Å²) in [5.74, 6) is 0.947. The number of benzene rings is 2. The number of Topliss-reactive ketones (excluding diaryl/α,β-unsaturated/α-hetero) is 1. The van der Waals surface area contributed by atoms with E-state index < -0.39 is 0 Å². The third-order valence-electron chi connectivity index (χ3n) is 5.00. The predicted octanol–water partition coefficient (Wildman–Crippen LogP) is 3.70. The molecule has 1 atom stereocenters. The first-order valence-corrected chi connectivity index (χ1v) is 9.95. The normalized spacial score (nSPS) is 13.1. The molecule has 2 aromatic carbocycles. The van der Waals surface area contributed by atoms with Crippen molar-refractivity contribution < 1.29 is 23.8 Å². The van der Waals surface area contributed by atoms with Gasteiger partial charge in [-0.1, -0.05) is 30.3 Å². The minimum atomic E-state index is -0.237. The fourth-order valence-corrected chi connectivity index (χ4v) is 3.38. The summed E-state index contributed by atoms with van der Waals surface area (Å²) in [4.78, 5) is 24.4. The number of rotatable bonds is 11. The molecule has 6 heteroatoms. The summed E-state index contributed by atoms with van der Waals surface area (Å²) in [6.45, 7) is 1.71. The number of ketones is 1. The number of methoxy groups -OCH3 is 1. The summed E-state index contributed by atoms with van der Waals surface area (Å²) in [5, 5.41) is 3.38. The number of ether oxygens (including phenoxy) is 3. The Morgan fingerprint density at radius 2 is 1.83 bits per heavy atom.